The van der Waals surface area contributed by atoms with E-state index in [2.05, 4.69) is 6.58 Å². The fourth-order valence-corrected chi connectivity index (χ4v) is 4.92. The van der Waals surface area contributed by atoms with Gasteiger partial charge >= 0.3 is 0 Å². The van der Waals surface area contributed by atoms with Crippen LogP contribution >= 0.6 is 11.3 Å². The van der Waals surface area contributed by atoms with E-state index in [-0.39, 0.29) is 13.2 Å². The number of hydrogen-bond donors (Lipinski definition) is 1. The molecule has 0 saturated heterocycles. The Morgan fingerprint density at radius 1 is 1.42 bits per heavy atom. The zero-order valence-corrected chi connectivity index (χ0v) is 13.2. The van der Waals surface area contributed by atoms with Crippen LogP contribution in [0.2, 0.25) is 0 Å². The third kappa shape index (κ3) is 3.89. The summed E-state index contributed by atoms with van der Waals surface area (Å²) in [5.41, 5.74) is -0.506. The molecule has 0 radical (unpaired) electrons. The molecule has 1 rings (SSSR count). The van der Waals surface area contributed by atoms with E-state index in [1.54, 1.807) is 18.2 Å². The summed E-state index contributed by atoms with van der Waals surface area (Å²) in [6.07, 6.45) is 2.07. The van der Waals surface area contributed by atoms with Crippen molar-refractivity contribution >= 4 is 21.4 Å². The molecule has 1 heterocycles. The summed E-state index contributed by atoms with van der Waals surface area (Å²) >= 11 is 1.21. The van der Waals surface area contributed by atoms with Gasteiger partial charge in [0, 0.05) is 30.0 Å². The molecule has 0 aromatic carbocycles. The van der Waals surface area contributed by atoms with Crippen LogP contribution in [-0.2, 0) is 16.4 Å². The lowest BCUT2D eigenvalue weighted by Crippen LogP contribution is -2.45. The highest BCUT2D eigenvalue weighted by Crippen LogP contribution is 2.29. The van der Waals surface area contributed by atoms with Gasteiger partial charge < -0.3 is 5.11 Å². The van der Waals surface area contributed by atoms with E-state index in [1.165, 1.54) is 15.6 Å². The van der Waals surface area contributed by atoms with E-state index in [0.29, 0.717) is 10.6 Å². The maximum atomic E-state index is 12.6. The van der Waals surface area contributed by atoms with Crippen LogP contribution in [0.4, 0.5) is 0 Å². The van der Waals surface area contributed by atoms with Gasteiger partial charge in [0.15, 0.2) is 0 Å². The van der Waals surface area contributed by atoms with Gasteiger partial charge in [-0.05, 0) is 32.9 Å². The molecule has 19 heavy (non-hydrogen) atoms. The first-order valence-electron chi connectivity index (χ1n) is 6.07. The van der Waals surface area contributed by atoms with Crippen LogP contribution in [0.1, 0.15) is 25.6 Å². The van der Waals surface area contributed by atoms with Gasteiger partial charge in [-0.1, -0.05) is 6.08 Å². The summed E-state index contributed by atoms with van der Waals surface area (Å²) in [5.74, 6) is 0. The zero-order valence-electron chi connectivity index (χ0n) is 11.6. The molecular formula is C13H21NO3S2. The molecule has 0 atom stereocenters. The highest BCUT2D eigenvalue weighted by Gasteiger charge is 2.33. The Hall–Kier alpha value is -0.690. The fourth-order valence-electron chi connectivity index (χ4n) is 1.70. The molecule has 1 N–H and O–H groups in total. The van der Waals surface area contributed by atoms with Gasteiger partial charge in [0.1, 0.15) is 4.21 Å². The molecule has 0 saturated carbocycles. The minimum Gasteiger partial charge on any atom is -0.396 e. The van der Waals surface area contributed by atoms with Crippen molar-refractivity contribution in [3.8, 4) is 0 Å². The van der Waals surface area contributed by atoms with Gasteiger partial charge in [-0.2, -0.15) is 4.31 Å². The average Bonchev–Trinajstić information content (AvgIpc) is 2.74. The Morgan fingerprint density at radius 3 is 2.53 bits per heavy atom. The predicted molar refractivity (Wildman–Crippen MR) is 79.0 cm³/mol. The van der Waals surface area contributed by atoms with Crippen LogP contribution in [0.15, 0.2) is 29.0 Å². The van der Waals surface area contributed by atoms with Crippen LogP contribution in [0.25, 0.3) is 0 Å². The first-order valence-corrected chi connectivity index (χ1v) is 8.32. The zero-order chi connectivity index (χ0) is 14.7. The van der Waals surface area contributed by atoms with Crippen LogP contribution in [0.3, 0.4) is 0 Å². The van der Waals surface area contributed by atoms with Crippen molar-refractivity contribution in [2.45, 2.75) is 36.9 Å². The molecule has 1 aromatic heterocycles. The monoisotopic (exact) mass is 303 g/mol. The number of hydrogen-bond acceptors (Lipinski definition) is 4. The van der Waals surface area contributed by atoms with Crippen LogP contribution in [0, 0.1) is 0 Å². The number of rotatable bonds is 6. The molecule has 0 amide bonds. The van der Waals surface area contributed by atoms with Crippen molar-refractivity contribution < 1.29 is 13.5 Å². The summed E-state index contributed by atoms with van der Waals surface area (Å²) in [7, 11) is -3.52. The number of aliphatic hydroxyl groups is 1. The van der Waals surface area contributed by atoms with Crippen molar-refractivity contribution in [2.75, 3.05) is 13.2 Å². The molecule has 6 heteroatoms. The molecule has 0 bridgehead atoms. The molecule has 0 spiro atoms. The topological polar surface area (TPSA) is 57.6 Å². The molecule has 0 unspecified atom stereocenters. The van der Waals surface area contributed by atoms with Crippen LogP contribution in [-0.4, -0.2) is 36.5 Å². The molecule has 0 fully saturated rings. The summed E-state index contributed by atoms with van der Waals surface area (Å²) in [4.78, 5) is 0.869. The van der Waals surface area contributed by atoms with E-state index in [1.807, 2.05) is 20.8 Å². The van der Waals surface area contributed by atoms with Gasteiger partial charge in [-0.3, -0.25) is 0 Å². The molecule has 4 nitrogen and oxygen atoms in total. The van der Waals surface area contributed by atoms with E-state index in [9.17, 15) is 8.42 Å². The third-order valence-corrected chi connectivity index (χ3v) is 6.33. The second-order valence-electron chi connectivity index (χ2n) is 5.19. The largest absolute Gasteiger partial charge is 0.396 e. The number of nitrogens with zero attached hydrogens (tertiary/aromatic N) is 1. The van der Waals surface area contributed by atoms with Gasteiger partial charge in [0.2, 0.25) is 0 Å². The van der Waals surface area contributed by atoms with E-state index >= 15 is 0 Å². The Morgan fingerprint density at radius 2 is 2.05 bits per heavy atom. The van der Waals surface area contributed by atoms with Crippen molar-refractivity contribution in [1.82, 2.24) is 4.31 Å². The SMILES string of the molecule is C=CCN(C(C)(C)C)S(=O)(=O)c1ccc(CCO)s1. The quantitative estimate of drug-likeness (QED) is 0.820. The average molecular weight is 303 g/mol. The summed E-state index contributed by atoms with van der Waals surface area (Å²) in [6, 6.07) is 3.36. The fraction of sp³-hybridized carbons (Fsp3) is 0.538. The molecular weight excluding hydrogens is 282 g/mol. The van der Waals surface area contributed by atoms with Crippen molar-refractivity contribution in [3.63, 3.8) is 0 Å². The van der Waals surface area contributed by atoms with Gasteiger partial charge in [0.05, 0.1) is 0 Å². The number of thiophene rings is 1. The molecule has 0 aliphatic carbocycles. The minimum absolute atomic E-state index is 0.0235. The molecule has 1 aromatic rings. The van der Waals surface area contributed by atoms with Gasteiger partial charge in [0.25, 0.3) is 10.0 Å². The Bertz CT molecular complexity index is 526. The Balaban J connectivity index is 3.15. The lowest BCUT2D eigenvalue weighted by Gasteiger charge is -2.33. The highest BCUT2D eigenvalue weighted by atomic mass is 32.2. The lowest BCUT2D eigenvalue weighted by molar-refractivity contribution is 0.270. The van der Waals surface area contributed by atoms with Crippen molar-refractivity contribution in [3.05, 3.63) is 29.7 Å². The van der Waals surface area contributed by atoms with Crippen LogP contribution < -0.4 is 0 Å². The Kier molecular flexibility index (Phi) is 5.32. The maximum Gasteiger partial charge on any atom is 0.253 e. The van der Waals surface area contributed by atoms with Crippen molar-refractivity contribution in [2.24, 2.45) is 0 Å². The van der Waals surface area contributed by atoms with E-state index in [0.717, 1.165) is 4.88 Å². The van der Waals surface area contributed by atoms with E-state index in [4.69, 9.17) is 5.11 Å². The standard InChI is InChI=1S/C13H21NO3S2/c1-5-9-14(13(2,3)4)19(16,17)12-7-6-11(18-12)8-10-15/h5-7,15H,1,8-10H2,2-4H3. The first kappa shape index (κ1) is 16.4. The normalized spacial score (nSPS) is 12.9. The van der Waals surface area contributed by atoms with Crippen LogP contribution in [0.5, 0.6) is 0 Å². The minimum atomic E-state index is -3.52. The second kappa shape index (κ2) is 6.17. The molecule has 0 aliphatic rings. The first-order chi connectivity index (χ1) is 8.73. The predicted octanol–water partition coefficient (Wildman–Crippen LogP) is 2.26. The van der Waals surface area contributed by atoms with Crippen molar-refractivity contribution in [1.29, 1.82) is 0 Å². The number of aliphatic hydroxyl groups excluding tert-OH is 1. The van der Waals surface area contributed by atoms with Gasteiger partial charge in [-0.25, -0.2) is 8.42 Å². The summed E-state index contributed by atoms with van der Waals surface area (Å²) in [5, 5.41) is 8.89. The van der Waals surface area contributed by atoms with Gasteiger partial charge in [-0.15, -0.1) is 17.9 Å². The lowest BCUT2D eigenvalue weighted by atomic mass is 10.1. The number of sulfonamides is 1. The smallest absolute Gasteiger partial charge is 0.253 e. The highest BCUT2D eigenvalue weighted by molar-refractivity contribution is 7.91. The molecule has 0 aliphatic heterocycles. The van der Waals surface area contributed by atoms with E-state index < -0.39 is 15.6 Å². The third-order valence-electron chi connectivity index (χ3n) is 2.58. The summed E-state index contributed by atoms with van der Waals surface area (Å²) in [6.45, 7) is 9.49. The molecule has 108 valence electrons. The maximum absolute atomic E-state index is 12.6. The summed E-state index contributed by atoms with van der Waals surface area (Å²) < 4.78 is 27.0. The Labute approximate surface area is 119 Å². The second-order valence-corrected chi connectivity index (χ2v) is 8.45.